The minimum absolute atomic E-state index is 0.0135. The summed E-state index contributed by atoms with van der Waals surface area (Å²) < 4.78 is 13.1. The van der Waals surface area contributed by atoms with E-state index >= 15 is 0 Å². The number of hydrogen-bond donors (Lipinski definition) is 2. The molecular formula is C10H11FN2O. The third-order valence-corrected chi connectivity index (χ3v) is 1.78. The number of aliphatic hydroxyl groups is 1. The van der Waals surface area contributed by atoms with E-state index in [0.29, 0.717) is 24.2 Å². The molecule has 2 N–H and O–H groups in total. The Bertz CT molecular complexity index is 346. The molecule has 1 aromatic carbocycles. The Morgan fingerprint density at radius 2 is 2.29 bits per heavy atom. The van der Waals surface area contributed by atoms with Crippen LogP contribution in [0.15, 0.2) is 18.2 Å². The van der Waals surface area contributed by atoms with Crippen LogP contribution >= 0.6 is 0 Å². The van der Waals surface area contributed by atoms with E-state index in [1.54, 1.807) is 0 Å². The molecule has 0 saturated carbocycles. The summed E-state index contributed by atoms with van der Waals surface area (Å²) in [5.41, 5.74) is 0.879. The van der Waals surface area contributed by atoms with Crippen LogP contribution in [0.25, 0.3) is 0 Å². The lowest BCUT2D eigenvalue weighted by Crippen LogP contribution is -2.18. The number of nitrogens with zero attached hydrogens (tertiary/aromatic N) is 1. The second-order valence-corrected chi connectivity index (χ2v) is 2.82. The number of halogens is 1. The highest BCUT2D eigenvalue weighted by molar-refractivity contribution is 5.33. The number of benzene rings is 1. The van der Waals surface area contributed by atoms with Gasteiger partial charge in [0.2, 0.25) is 0 Å². The van der Waals surface area contributed by atoms with Crippen LogP contribution < -0.4 is 5.32 Å². The van der Waals surface area contributed by atoms with Crippen LogP contribution in [0.1, 0.15) is 11.1 Å². The molecule has 0 fully saturated rings. The number of aliphatic hydroxyl groups excluding tert-OH is 1. The van der Waals surface area contributed by atoms with Gasteiger partial charge in [0.15, 0.2) is 0 Å². The highest BCUT2D eigenvalue weighted by Crippen LogP contribution is 2.09. The molecule has 1 aromatic rings. The van der Waals surface area contributed by atoms with E-state index in [2.05, 4.69) is 5.32 Å². The van der Waals surface area contributed by atoms with Gasteiger partial charge in [-0.1, -0.05) is 0 Å². The summed E-state index contributed by atoms with van der Waals surface area (Å²) in [5, 5.41) is 19.9. The summed E-state index contributed by atoms with van der Waals surface area (Å²) in [5.74, 6) is -0.338. The van der Waals surface area contributed by atoms with Gasteiger partial charge < -0.3 is 10.4 Å². The second-order valence-electron chi connectivity index (χ2n) is 2.82. The maximum absolute atomic E-state index is 13.1. The molecule has 0 unspecified atom stereocenters. The molecule has 74 valence electrons. The predicted octanol–water partition coefficient (Wildman–Crippen LogP) is 0.779. The molecule has 0 atom stereocenters. The summed E-state index contributed by atoms with van der Waals surface area (Å²) in [6, 6.07) is 6.15. The van der Waals surface area contributed by atoms with Crippen LogP contribution in [0.3, 0.4) is 0 Å². The minimum Gasteiger partial charge on any atom is -0.395 e. The highest BCUT2D eigenvalue weighted by Gasteiger charge is 2.02. The lowest BCUT2D eigenvalue weighted by atomic mass is 10.1. The topological polar surface area (TPSA) is 56.0 Å². The van der Waals surface area contributed by atoms with Gasteiger partial charge in [0.05, 0.1) is 18.2 Å². The molecule has 0 aliphatic heterocycles. The molecule has 0 saturated heterocycles. The Hall–Kier alpha value is -1.44. The van der Waals surface area contributed by atoms with Crippen LogP contribution in [0.5, 0.6) is 0 Å². The van der Waals surface area contributed by atoms with Crippen LogP contribution in [-0.4, -0.2) is 18.3 Å². The van der Waals surface area contributed by atoms with E-state index in [1.165, 1.54) is 18.2 Å². The van der Waals surface area contributed by atoms with Crippen molar-refractivity contribution in [2.24, 2.45) is 0 Å². The zero-order chi connectivity index (χ0) is 10.4. The summed E-state index contributed by atoms with van der Waals surface area (Å²) in [4.78, 5) is 0. The van der Waals surface area contributed by atoms with Gasteiger partial charge >= 0.3 is 0 Å². The van der Waals surface area contributed by atoms with Crippen molar-refractivity contribution in [3.63, 3.8) is 0 Å². The first-order valence-electron chi connectivity index (χ1n) is 4.28. The molecular weight excluding hydrogens is 183 g/mol. The van der Waals surface area contributed by atoms with E-state index in [-0.39, 0.29) is 12.4 Å². The van der Waals surface area contributed by atoms with Crippen molar-refractivity contribution in [3.8, 4) is 6.07 Å². The first-order chi connectivity index (χ1) is 6.77. The lowest BCUT2D eigenvalue weighted by molar-refractivity contribution is 0.291. The fourth-order valence-electron chi connectivity index (χ4n) is 1.08. The van der Waals surface area contributed by atoms with E-state index in [0.717, 1.165) is 0 Å². The van der Waals surface area contributed by atoms with Crippen molar-refractivity contribution in [2.45, 2.75) is 6.54 Å². The first kappa shape index (κ1) is 10.6. The number of nitriles is 1. The van der Waals surface area contributed by atoms with Crippen molar-refractivity contribution in [1.29, 1.82) is 5.26 Å². The van der Waals surface area contributed by atoms with Gasteiger partial charge in [-0.15, -0.1) is 0 Å². The molecule has 0 radical (unpaired) electrons. The predicted molar refractivity (Wildman–Crippen MR) is 49.9 cm³/mol. The standard InChI is InChI=1S/C10H11FN2O/c11-10-2-1-8(6-12)5-9(10)7-13-3-4-14/h1-2,5,13-14H,3-4,7H2. The van der Waals surface area contributed by atoms with E-state index in [1.807, 2.05) is 6.07 Å². The molecule has 0 aliphatic rings. The molecule has 0 aromatic heterocycles. The Morgan fingerprint density at radius 3 is 2.93 bits per heavy atom. The molecule has 0 amide bonds. The minimum atomic E-state index is -0.338. The fourth-order valence-corrected chi connectivity index (χ4v) is 1.08. The Balaban J connectivity index is 2.70. The number of rotatable bonds is 4. The van der Waals surface area contributed by atoms with Gasteiger partial charge in [0.25, 0.3) is 0 Å². The van der Waals surface area contributed by atoms with Gasteiger partial charge in [-0.25, -0.2) is 4.39 Å². The average molecular weight is 194 g/mol. The van der Waals surface area contributed by atoms with Gasteiger partial charge in [0.1, 0.15) is 5.82 Å². The zero-order valence-electron chi connectivity index (χ0n) is 7.63. The molecule has 3 nitrogen and oxygen atoms in total. The van der Waals surface area contributed by atoms with E-state index < -0.39 is 0 Å². The summed E-state index contributed by atoms with van der Waals surface area (Å²) >= 11 is 0. The largest absolute Gasteiger partial charge is 0.395 e. The summed E-state index contributed by atoms with van der Waals surface area (Å²) in [7, 11) is 0. The molecule has 1 rings (SSSR count). The van der Waals surface area contributed by atoms with Crippen LogP contribution in [0.4, 0.5) is 4.39 Å². The van der Waals surface area contributed by atoms with Crippen molar-refractivity contribution in [2.75, 3.05) is 13.2 Å². The fraction of sp³-hybridized carbons (Fsp3) is 0.300. The zero-order valence-corrected chi connectivity index (χ0v) is 7.63. The number of hydrogen-bond acceptors (Lipinski definition) is 3. The maximum Gasteiger partial charge on any atom is 0.127 e. The molecule has 0 aliphatic carbocycles. The lowest BCUT2D eigenvalue weighted by Gasteiger charge is -2.04. The van der Waals surface area contributed by atoms with Crippen molar-refractivity contribution < 1.29 is 9.50 Å². The Morgan fingerprint density at radius 1 is 1.50 bits per heavy atom. The van der Waals surface area contributed by atoms with E-state index in [9.17, 15) is 4.39 Å². The maximum atomic E-state index is 13.1. The normalized spacial score (nSPS) is 9.79. The Labute approximate surface area is 81.8 Å². The van der Waals surface area contributed by atoms with Gasteiger partial charge in [-0.3, -0.25) is 0 Å². The van der Waals surface area contributed by atoms with Crippen molar-refractivity contribution in [1.82, 2.24) is 5.32 Å². The number of nitrogens with one attached hydrogen (secondary N) is 1. The van der Waals surface area contributed by atoms with Crippen LogP contribution in [0.2, 0.25) is 0 Å². The summed E-state index contributed by atoms with van der Waals surface area (Å²) in [6.45, 7) is 0.748. The molecule has 0 spiro atoms. The van der Waals surface area contributed by atoms with Gasteiger partial charge in [0, 0.05) is 18.7 Å². The molecule has 0 bridgehead atoms. The molecule has 4 heteroatoms. The van der Waals surface area contributed by atoms with E-state index in [4.69, 9.17) is 10.4 Å². The highest BCUT2D eigenvalue weighted by atomic mass is 19.1. The monoisotopic (exact) mass is 194 g/mol. The third-order valence-electron chi connectivity index (χ3n) is 1.78. The quantitative estimate of drug-likeness (QED) is 0.696. The van der Waals surface area contributed by atoms with Gasteiger partial charge in [-0.05, 0) is 18.2 Å². The Kier molecular flexibility index (Phi) is 4.05. The second kappa shape index (κ2) is 5.32. The smallest absolute Gasteiger partial charge is 0.127 e. The first-order valence-corrected chi connectivity index (χ1v) is 4.28. The molecule has 14 heavy (non-hydrogen) atoms. The van der Waals surface area contributed by atoms with Crippen molar-refractivity contribution in [3.05, 3.63) is 35.1 Å². The SMILES string of the molecule is N#Cc1ccc(F)c(CNCCO)c1. The van der Waals surface area contributed by atoms with Crippen LogP contribution in [0, 0.1) is 17.1 Å². The van der Waals surface area contributed by atoms with Crippen molar-refractivity contribution >= 4 is 0 Å². The summed E-state index contributed by atoms with van der Waals surface area (Å²) in [6.07, 6.45) is 0. The van der Waals surface area contributed by atoms with Crippen LogP contribution in [-0.2, 0) is 6.54 Å². The average Bonchev–Trinajstić information content (AvgIpc) is 2.21. The molecule has 0 heterocycles. The third kappa shape index (κ3) is 2.80. The van der Waals surface area contributed by atoms with Gasteiger partial charge in [-0.2, -0.15) is 5.26 Å².